The lowest BCUT2D eigenvalue weighted by atomic mass is 10.3. The summed E-state index contributed by atoms with van der Waals surface area (Å²) in [5.41, 5.74) is 7.06. The normalized spacial score (nSPS) is 10.0. The molecule has 0 bridgehead atoms. The van der Waals surface area contributed by atoms with E-state index in [9.17, 15) is 9.18 Å². The van der Waals surface area contributed by atoms with Crippen LogP contribution in [0.1, 0.15) is 0 Å². The molecule has 2 aromatic rings. The molecule has 0 aromatic heterocycles. The Bertz CT molecular complexity index is 601. The van der Waals surface area contributed by atoms with Gasteiger partial charge in [-0.3, -0.25) is 0 Å². The third-order valence-electron chi connectivity index (χ3n) is 2.35. The van der Waals surface area contributed by atoms with Gasteiger partial charge in [-0.2, -0.15) is 0 Å². The second-order valence-corrected chi connectivity index (χ2v) is 4.23. The van der Waals surface area contributed by atoms with Crippen molar-refractivity contribution < 1.29 is 9.18 Å². The highest BCUT2D eigenvalue weighted by molar-refractivity contribution is 6.33. The van der Waals surface area contributed by atoms with E-state index in [0.717, 1.165) is 6.07 Å². The largest absolute Gasteiger partial charge is 0.399 e. The molecule has 0 saturated heterocycles. The average Bonchev–Trinajstić information content (AvgIpc) is 2.36. The highest BCUT2D eigenvalue weighted by atomic mass is 35.5. The molecular weight excluding hydrogens is 269 g/mol. The second kappa shape index (κ2) is 5.58. The van der Waals surface area contributed by atoms with Gasteiger partial charge in [0.15, 0.2) is 0 Å². The Morgan fingerprint density at radius 1 is 1.11 bits per heavy atom. The number of carbonyl (C=O) groups is 1. The van der Waals surface area contributed by atoms with E-state index >= 15 is 0 Å². The minimum absolute atomic E-state index is 0.132. The number of amides is 2. The zero-order valence-electron chi connectivity index (χ0n) is 9.78. The fourth-order valence-electron chi connectivity index (χ4n) is 1.44. The van der Waals surface area contributed by atoms with Crippen molar-refractivity contribution >= 4 is 34.7 Å². The van der Waals surface area contributed by atoms with Crippen molar-refractivity contribution in [2.24, 2.45) is 0 Å². The topological polar surface area (TPSA) is 67.1 Å². The number of anilines is 3. The SMILES string of the molecule is Nc1ccc(NC(=O)Nc2ccc(F)cc2Cl)cc1. The van der Waals surface area contributed by atoms with Crippen LogP contribution in [0.25, 0.3) is 0 Å². The molecule has 98 valence electrons. The molecule has 2 rings (SSSR count). The van der Waals surface area contributed by atoms with Gasteiger partial charge >= 0.3 is 6.03 Å². The van der Waals surface area contributed by atoms with E-state index < -0.39 is 11.8 Å². The van der Waals surface area contributed by atoms with Crippen LogP contribution < -0.4 is 16.4 Å². The third kappa shape index (κ3) is 3.59. The van der Waals surface area contributed by atoms with Crippen LogP contribution in [0.15, 0.2) is 42.5 Å². The van der Waals surface area contributed by atoms with E-state index in [1.165, 1.54) is 12.1 Å². The molecular formula is C13H11ClFN3O. The van der Waals surface area contributed by atoms with Crippen LogP contribution in [0.5, 0.6) is 0 Å². The molecule has 0 atom stereocenters. The van der Waals surface area contributed by atoms with Crippen LogP contribution >= 0.6 is 11.6 Å². The molecule has 6 heteroatoms. The third-order valence-corrected chi connectivity index (χ3v) is 2.66. The highest BCUT2D eigenvalue weighted by Gasteiger charge is 2.06. The molecule has 0 fully saturated rings. The van der Waals surface area contributed by atoms with Gasteiger partial charge in [0.1, 0.15) is 5.82 Å². The van der Waals surface area contributed by atoms with Gasteiger partial charge in [0, 0.05) is 11.4 Å². The molecule has 0 radical (unpaired) electrons. The molecule has 0 aliphatic heterocycles. The van der Waals surface area contributed by atoms with Crippen molar-refractivity contribution in [3.05, 3.63) is 53.3 Å². The number of nitrogen functional groups attached to an aromatic ring is 1. The first-order valence-corrected chi connectivity index (χ1v) is 5.81. The van der Waals surface area contributed by atoms with E-state index in [1.807, 2.05) is 0 Å². The Morgan fingerprint density at radius 3 is 2.42 bits per heavy atom. The first-order valence-electron chi connectivity index (χ1n) is 5.43. The first kappa shape index (κ1) is 13.2. The number of nitrogens with two attached hydrogens (primary N) is 1. The molecule has 2 aromatic carbocycles. The summed E-state index contributed by atoms with van der Waals surface area (Å²) in [7, 11) is 0. The standard InChI is InChI=1S/C13H11ClFN3O/c14-11-7-8(15)1-6-12(11)18-13(19)17-10-4-2-9(16)3-5-10/h1-7H,16H2,(H2,17,18,19). The average molecular weight is 280 g/mol. The Morgan fingerprint density at radius 2 is 1.79 bits per heavy atom. The van der Waals surface area contributed by atoms with Crippen LogP contribution in [0.2, 0.25) is 5.02 Å². The number of rotatable bonds is 2. The minimum atomic E-state index is -0.474. The summed E-state index contributed by atoms with van der Waals surface area (Å²) in [6, 6.07) is 9.92. The summed E-state index contributed by atoms with van der Waals surface area (Å²) < 4.78 is 12.8. The Labute approximate surface area is 114 Å². The van der Waals surface area contributed by atoms with Crippen LogP contribution in [0.4, 0.5) is 26.2 Å². The Hall–Kier alpha value is -2.27. The van der Waals surface area contributed by atoms with Crippen molar-refractivity contribution in [3.8, 4) is 0 Å². The van der Waals surface area contributed by atoms with E-state index in [0.29, 0.717) is 17.1 Å². The Balaban J connectivity index is 2.03. The molecule has 4 N–H and O–H groups in total. The zero-order chi connectivity index (χ0) is 13.8. The molecule has 0 aliphatic rings. The first-order chi connectivity index (χ1) is 9.04. The van der Waals surface area contributed by atoms with E-state index in [1.54, 1.807) is 24.3 Å². The molecule has 4 nitrogen and oxygen atoms in total. The van der Waals surface area contributed by atoms with Crippen LogP contribution in [-0.4, -0.2) is 6.03 Å². The van der Waals surface area contributed by atoms with Gasteiger partial charge in [-0.1, -0.05) is 11.6 Å². The van der Waals surface area contributed by atoms with Gasteiger partial charge in [-0.25, -0.2) is 9.18 Å². The maximum absolute atomic E-state index is 12.8. The van der Waals surface area contributed by atoms with Crippen LogP contribution in [0.3, 0.4) is 0 Å². The van der Waals surface area contributed by atoms with Crippen molar-refractivity contribution in [1.82, 2.24) is 0 Å². The fourth-order valence-corrected chi connectivity index (χ4v) is 1.66. The number of benzene rings is 2. The number of hydrogen-bond acceptors (Lipinski definition) is 2. The lowest BCUT2D eigenvalue weighted by Gasteiger charge is -2.09. The van der Waals surface area contributed by atoms with Gasteiger partial charge in [0.25, 0.3) is 0 Å². The van der Waals surface area contributed by atoms with Crippen molar-refractivity contribution in [1.29, 1.82) is 0 Å². The molecule has 0 aliphatic carbocycles. The maximum atomic E-state index is 12.8. The van der Waals surface area contributed by atoms with Gasteiger partial charge < -0.3 is 16.4 Å². The van der Waals surface area contributed by atoms with Gasteiger partial charge in [0.05, 0.1) is 10.7 Å². The Kier molecular flexibility index (Phi) is 3.87. The number of hydrogen-bond donors (Lipinski definition) is 3. The summed E-state index contributed by atoms with van der Waals surface area (Å²) in [4.78, 5) is 11.7. The molecule has 2 amide bonds. The maximum Gasteiger partial charge on any atom is 0.323 e. The number of carbonyl (C=O) groups excluding carboxylic acids is 1. The predicted molar refractivity (Wildman–Crippen MR) is 74.9 cm³/mol. The molecule has 0 spiro atoms. The smallest absolute Gasteiger partial charge is 0.323 e. The predicted octanol–water partition coefficient (Wildman–Crippen LogP) is 3.71. The van der Waals surface area contributed by atoms with E-state index in [2.05, 4.69) is 10.6 Å². The summed E-state index contributed by atoms with van der Waals surface area (Å²) in [6.45, 7) is 0. The lowest BCUT2D eigenvalue weighted by Crippen LogP contribution is -2.19. The summed E-state index contributed by atoms with van der Waals surface area (Å²) in [6.07, 6.45) is 0. The van der Waals surface area contributed by atoms with Crippen LogP contribution in [-0.2, 0) is 0 Å². The number of nitrogens with one attached hydrogen (secondary N) is 2. The van der Waals surface area contributed by atoms with Crippen LogP contribution in [0, 0.1) is 5.82 Å². The monoisotopic (exact) mass is 279 g/mol. The molecule has 19 heavy (non-hydrogen) atoms. The van der Waals surface area contributed by atoms with Crippen molar-refractivity contribution in [2.45, 2.75) is 0 Å². The highest BCUT2D eigenvalue weighted by Crippen LogP contribution is 2.22. The summed E-state index contributed by atoms with van der Waals surface area (Å²) >= 11 is 5.80. The quantitative estimate of drug-likeness (QED) is 0.734. The molecule has 0 heterocycles. The van der Waals surface area contributed by atoms with Crippen molar-refractivity contribution in [2.75, 3.05) is 16.4 Å². The minimum Gasteiger partial charge on any atom is -0.399 e. The summed E-state index contributed by atoms with van der Waals surface area (Å²) in [5.74, 6) is -0.463. The number of halogens is 2. The molecule has 0 unspecified atom stereocenters. The fraction of sp³-hybridized carbons (Fsp3) is 0. The van der Waals surface area contributed by atoms with E-state index in [-0.39, 0.29) is 5.02 Å². The summed E-state index contributed by atoms with van der Waals surface area (Å²) in [5, 5.41) is 5.25. The van der Waals surface area contributed by atoms with Gasteiger partial charge in [-0.15, -0.1) is 0 Å². The second-order valence-electron chi connectivity index (χ2n) is 3.83. The lowest BCUT2D eigenvalue weighted by molar-refractivity contribution is 0.262. The zero-order valence-corrected chi connectivity index (χ0v) is 10.5. The van der Waals surface area contributed by atoms with E-state index in [4.69, 9.17) is 17.3 Å². The van der Waals surface area contributed by atoms with Gasteiger partial charge in [0.2, 0.25) is 0 Å². The van der Waals surface area contributed by atoms with Crippen molar-refractivity contribution in [3.63, 3.8) is 0 Å². The number of urea groups is 1. The molecule has 0 saturated carbocycles. The van der Waals surface area contributed by atoms with Gasteiger partial charge in [-0.05, 0) is 42.5 Å².